The Kier molecular flexibility index (Phi) is 10.9. The number of nitrogens with zero attached hydrogens (tertiary/aromatic N) is 1. The second-order valence-corrected chi connectivity index (χ2v) is 12.7. The van der Waals surface area contributed by atoms with Crippen molar-refractivity contribution in [1.29, 1.82) is 0 Å². The number of rotatable bonds is 9. The van der Waals surface area contributed by atoms with E-state index < -0.39 is 30.3 Å². The van der Waals surface area contributed by atoms with E-state index in [1.54, 1.807) is 36.0 Å². The number of ether oxygens (including phenoxy) is 2. The predicted octanol–water partition coefficient (Wildman–Crippen LogP) is 6.21. The van der Waals surface area contributed by atoms with Gasteiger partial charge in [-0.25, -0.2) is 0 Å². The number of carbonyl (C=O) groups is 3. The zero-order chi connectivity index (χ0) is 33.7. The number of hydrogen-bond donors (Lipinski definition) is 3. The molecule has 0 radical (unpaired) electrons. The number of benzene rings is 3. The van der Waals surface area contributed by atoms with Gasteiger partial charge in [-0.3, -0.25) is 14.4 Å². The molecule has 2 aliphatic heterocycles. The molecule has 2 aliphatic rings. The summed E-state index contributed by atoms with van der Waals surface area (Å²) in [7, 11) is 0. The van der Waals surface area contributed by atoms with Crippen LogP contribution in [0.15, 0.2) is 77.7 Å². The lowest BCUT2D eigenvalue weighted by Crippen LogP contribution is -2.48. The fraction of sp³-hybridized carbons (Fsp3) is 0.382. The van der Waals surface area contributed by atoms with E-state index in [0.717, 1.165) is 16.0 Å². The molecule has 3 aromatic rings. The lowest BCUT2D eigenvalue weighted by atomic mass is 9.91. The molecule has 3 amide bonds. The number of alkyl halides is 3. The summed E-state index contributed by atoms with van der Waals surface area (Å²) >= 11 is 1.59. The summed E-state index contributed by atoms with van der Waals surface area (Å²) in [6.07, 6.45) is -6.14. The summed E-state index contributed by atoms with van der Waals surface area (Å²) in [4.78, 5) is 37.9. The molecule has 0 bridgehead atoms. The van der Waals surface area contributed by atoms with Gasteiger partial charge in [0, 0.05) is 47.0 Å². The van der Waals surface area contributed by atoms with Gasteiger partial charge in [-0.2, -0.15) is 13.2 Å². The van der Waals surface area contributed by atoms with Crippen LogP contribution in [0.1, 0.15) is 55.8 Å². The van der Waals surface area contributed by atoms with Crippen molar-refractivity contribution in [3.8, 4) is 0 Å². The van der Waals surface area contributed by atoms with Crippen molar-refractivity contribution >= 4 is 40.9 Å². The van der Waals surface area contributed by atoms with Crippen LogP contribution in [0, 0.1) is 5.92 Å². The van der Waals surface area contributed by atoms with Crippen molar-refractivity contribution < 1.29 is 42.1 Å². The van der Waals surface area contributed by atoms with Gasteiger partial charge in [0.15, 0.2) is 6.29 Å². The molecule has 0 spiro atoms. The summed E-state index contributed by atoms with van der Waals surface area (Å²) in [6.45, 7) is 3.26. The number of hydrogen-bond acceptors (Lipinski definition) is 7. The summed E-state index contributed by atoms with van der Waals surface area (Å²) in [5.41, 5.74) is 3.29. The molecule has 5 rings (SSSR count). The van der Waals surface area contributed by atoms with Crippen LogP contribution in [-0.2, 0) is 30.5 Å². The van der Waals surface area contributed by atoms with E-state index in [1.807, 2.05) is 55.5 Å². The summed E-state index contributed by atoms with van der Waals surface area (Å²) < 4.78 is 52.3. The van der Waals surface area contributed by atoms with Crippen molar-refractivity contribution in [2.75, 3.05) is 22.9 Å². The molecule has 3 N–H and O–H groups in total. The molecule has 2 saturated heterocycles. The largest absolute Gasteiger partial charge is 0.471 e. The molecule has 2 fully saturated rings. The molecular formula is C34H36F3N3O6S. The van der Waals surface area contributed by atoms with Crippen LogP contribution in [0.2, 0.25) is 0 Å². The molecule has 0 aliphatic carbocycles. The third-order valence-electron chi connectivity index (χ3n) is 8.20. The average Bonchev–Trinajstić information content (AvgIpc) is 3.54. The maximum atomic E-state index is 13.1. The number of thioether (sulfide) groups is 1. The molecule has 9 nitrogen and oxygen atoms in total. The maximum Gasteiger partial charge on any atom is 0.471 e. The Labute approximate surface area is 274 Å². The highest BCUT2D eigenvalue weighted by atomic mass is 32.2. The highest BCUT2D eigenvalue weighted by molar-refractivity contribution is 7.99. The van der Waals surface area contributed by atoms with E-state index in [1.165, 1.54) is 6.92 Å². The molecule has 5 atom stereocenters. The number of halogens is 3. The van der Waals surface area contributed by atoms with Crippen LogP contribution < -0.4 is 10.6 Å². The highest BCUT2D eigenvalue weighted by Gasteiger charge is 2.47. The van der Waals surface area contributed by atoms with Crippen molar-refractivity contribution in [1.82, 2.24) is 4.90 Å². The van der Waals surface area contributed by atoms with Crippen LogP contribution >= 0.6 is 11.8 Å². The smallest absolute Gasteiger partial charge is 0.392 e. The van der Waals surface area contributed by atoms with Crippen molar-refractivity contribution in [2.45, 2.75) is 68.9 Å². The Bertz CT molecular complexity index is 1570. The fourth-order valence-electron chi connectivity index (χ4n) is 5.76. The number of aliphatic hydroxyl groups excluding tert-OH is 1. The van der Waals surface area contributed by atoms with Gasteiger partial charge in [0.2, 0.25) is 11.8 Å². The predicted molar refractivity (Wildman–Crippen MR) is 170 cm³/mol. The minimum absolute atomic E-state index is 0.0835. The molecule has 3 aromatic carbocycles. The van der Waals surface area contributed by atoms with Gasteiger partial charge in [0.1, 0.15) is 6.04 Å². The zero-order valence-electron chi connectivity index (χ0n) is 25.8. The lowest BCUT2D eigenvalue weighted by Gasteiger charge is -2.41. The SMILES string of the molecule is CC(=O)Nc1ccc(SCC2OC(c3cccc(NC(=O)C4CCCN4C(=O)C(F)(F)F)c3)OC(c3ccc(CO)cc3)C2C)cc1. The van der Waals surface area contributed by atoms with Crippen LogP contribution in [0.25, 0.3) is 0 Å². The molecule has 5 unspecified atom stereocenters. The number of amides is 3. The van der Waals surface area contributed by atoms with Crippen LogP contribution in [-0.4, -0.2) is 58.3 Å². The first-order chi connectivity index (χ1) is 22.4. The molecular weight excluding hydrogens is 635 g/mol. The van der Waals surface area contributed by atoms with Crippen LogP contribution in [0.4, 0.5) is 24.5 Å². The van der Waals surface area contributed by atoms with E-state index in [0.29, 0.717) is 34.0 Å². The van der Waals surface area contributed by atoms with Gasteiger partial charge in [0.25, 0.3) is 0 Å². The van der Waals surface area contributed by atoms with Gasteiger partial charge in [-0.05, 0) is 60.4 Å². The quantitative estimate of drug-likeness (QED) is 0.232. The second kappa shape index (κ2) is 14.9. The first-order valence-corrected chi connectivity index (χ1v) is 16.2. The van der Waals surface area contributed by atoms with Gasteiger partial charge in [-0.15, -0.1) is 11.8 Å². The topological polar surface area (TPSA) is 117 Å². The molecule has 47 heavy (non-hydrogen) atoms. The number of carbonyl (C=O) groups excluding carboxylic acids is 3. The highest BCUT2D eigenvalue weighted by Crippen LogP contribution is 2.43. The molecule has 0 saturated carbocycles. The first kappa shape index (κ1) is 34.4. The number of nitrogens with one attached hydrogen (secondary N) is 2. The van der Waals surface area contributed by atoms with Crippen LogP contribution in [0.3, 0.4) is 0 Å². The zero-order valence-corrected chi connectivity index (χ0v) is 26.6. The summed E-state index contributed by atoms with van der Waals surface area (Å²) in [5, 5.41) is 14.9. The minimum atomic E-state index is -5.06. The van der Waals surface area contributed by atoms with Gasteiger partial charge in [-0.1, -0.05) is 43.3 Å². The minimum Gasteiger partial charge on any atom is -0.392 e. The van der Waals surface area contributed by atoms with Gasteiger partial charge < -0.3 is 30.1 Å². The van der Waals surface area contributed by atoms with Crippen molar-refractivity contribution in [3.05, 3.63) is 89.5 Å². The monoisotopic (exact) mass is 671 g/mol. The van der Waals surface area contributed by atoms with Crippen molar-refractivity contribution in [3.63, 3.8) is 0 Å². The van der Waals surface area contributed by atoms with E-state index in [2.05, 4.69) is 10.6 Å². The number of likely N-dealkylation sites (tertiary alicyclic amines) is 1. The Morgan fingerprint density at radius 2 is 1.68 bits per heavy atom. The fourth-order valence-corrected chi connectivity index (χ4v) is 6.83. The van der Waals surface area contributed by atoms with Crippen LogP contribution in [0.5, 0.6) is 0 Å². The molecule has 13 heteroatoms. The second-order valence-electron chi connectivity index (χ2n) is 11.6. The van der Waals surface area contributed by atoms with E-state index in [4.69, 9.17) is 9.47 Å². The summed E-state index contributed by atoms with van der Waals surface area (Å²) in [6, 6.07) is 20.5. The number of aliphatic hydroxyl groups is 1. The molecule has 0 aromatic heterocycles. The molecule has 2 heterocycles. The Morgan fingerprint density at radius 1 is 0.957 bits per heavy atom. The Hall–Kier alpha value is -3.91. The van der Waals surface area contributed by atoms with Crippen molar-refractivity contribution in [2.24, 2.45) is 5.92 Å². The maximum absolute atomic E-state index is 13.1. The van der Waals surface area contributed by atoms with E-state index in [-0.39, 0.29) is 43.6 Å². The van der Waals surface area contributed by atoms with Gasteiger partial charge in [0.05, 0.1) is 18.8 Å². The Balaban J connectivity index is 1.34. The standard InChI is InChI=1S/C34H36F3N3O6S/c1-20-29(19-47-27-14-12-25(13-15-27)38-21(2)42)45-32(46-30(20)23-10-8-22(18-41)9-11-23)24-5-3-6-26(17-24)39-31(43)28-7-4-16-40(28)33(44)34(35,36)37/h3,5-6,8-15,17,20,28-30,32,41H,4,7,16,18-19H2,1-2H3,(H,38,42)(H,39,43). The third kappa shape index (κ3) is 8.52. The summed E-state index contributed by atoms with van der Waals surface area (Å²) in [5.74, 6) is -2.38. The first-order valence-electron chi connectivity index (χ1n) is 15.2. The number of anilines is 2. The third-order valence-corrected chi connectivity index (χ3v) is 9.30. The normalized spacial score (nSPS) is 22.9. The lowest BCUT2D eigenvalue weighted by molar-refractivity contribution is -0.268. The Morgan fingerprint density at radius 3 is 2.34 bits per heavy atom. The van der Waals surface area contributed by atoms with Gasteiger partial charge >= 0.3 is 12.1 Å². The van der Waals surface area contributed by atoms with E-state index in [9.17, 15) is 32.7 Å². The average molecular weight is 672 g/mol. The molecule has 250 valence electrons. The van der Waals surface area contributed by atoms with E-state index >= 15 is 0 Å².